The molecule has 1 aromatic carbocycles. The molecule has 9 heteroatoms. The summed E-state index contributed by atoms with van der Waals surface area (Å²) in [6.45, 7) is 3.48. The number of rotatable bonds is 7. The Balaban J connectivity index is 1.15. The van der Waals surface area contributed by atoms with E-state index in [9.17, 15) is 14.4 Å². The van der Waals surface area contributed by atoms with E-state index >= 15 is 0 Å². The van der Waals surface area contributed by atoms with Crippen LogP contribution in [-0.2, 0) is 29.2 Å². The summed E-state index contributed by atoms with van der Waals surface area (Å²) < 4.78 is 5.85. The van der Waals surface area contributed by atoms with Crippen LogP contribution in [0.4, 0.5) is 0 Å². The first-order valence-electron chi connectivity index (χ1n) is 11.4. The number of benzene rings is 1. The van der Waals surface area contributed by atoms with Gasteiger partial charge in [-0.15, -0.1) is 0 Å². The first-order valence-corrected chi connectivity index (χ1v) is 11.4. The van der Waals surface area contributed by atoms with Gasteiger partial charge < -0.3 is 20.3 Å². The highest BCUT2D eigenvalue weighted by molar-refractivity contribution is 6.05. The summed E-state index contributed by atoms with van der Waals surface area (Å²) in [5.74, 6) is -0.180. The number of amides is 3. The Hall–Kier alpha value is -3.30. The molecule has 0 saturated carbocycles. The number of aromatic nitrogens is 1. The zero-order valence-electron chi connectivity index (χ0n) is 18.3. The normalized spacial score (nSPS) is 22.4. The van der Waals surface area contributed by atoms with Crippen LogP contribution in [0.25, 0.3) is 0 Å². The highest BCUT2D eigenvalue weighted by atomic mass is 16.5. The molecule has 1 aromatic heterocycles. The summed E-state index contributed by atoms with van der Waals surface area (Å²) in [7, 11) is 0. The third kappa shape index (κ3) is 4.74. The average molecular weight is 450 g/mol. The van der Waals surface area contributed by atoms with Gasteiger partial charge in [0.2, 0.25) is 17.7 Å². The van der Waals surface area contributed by atoms with E-state index in [1.807, 2.05) is 36.5 Å². The summed E-state index contributed by atoms with van der Waals surface area (Å²) in [6, 6.07) is 9.14. The number of carbonyl (C=O) groups is 3. The van der Waals surface area contributed by atoms with Crippen LogP contribution in [0.15, 0.2) is 36.5 Å². The standard InChI is InChI=1S/C24H27N5O4/c30-21-5-4-20(23(31)28-21)29-14-17-3-1-15(9-19(17)24(29)32)10-26-11-16-2-6-22(27-12-16)33-18-7-8-25-13-18/h1-3,6,9,12,18,20,25-26H,4-5,7-8,10-11,13-14H2,(H,28,30,31). The fourth-order valence-corrected chi connectivity index (χ4v) is 4.55. The van der Waals surface area contributed by atoms with Gasteiger partial charge in [-0.1, -0.05) is 18.2 Å². The van der Waals surface area contributed by atoms with Crippen molar-refractivity contribution in [1.82, 2.24) is 25.8 Å². The van der Waals surface area contributed by atoms with Crippen molar-refractivity contribution in [3.05, 3.63) is 58.8 Å². The SMILES string of the molecule is O=C1CCC(N2Cc3ccc(CNCc4ccc(OC5CCNC5)nc4)cc3C2=O)C(=O)N1. The molecule has 3 amide bonds. The predicted molar refractivity (Wildman–Crippen MR) is 119 cm³/mol. The number of hydrogen-bond donors (Lipinski definition) is 3. The zero-order chi connectivity index (χ0) is 22.8. The number of hydrogen-bond acceptors (Lipinski definition) is 7. The van der Waals surface area contributed by atoms with E-state index in [1.165, 1.54) is 0 Å². The van der Waals surface area contributed by atoms with Crippen LogP contribution < -0.4 is 20.7 Å². The minimum atomic E-state index is -0.589. The number of nitrogens with one attached hydrogen (secondary N) is 3. The van der Waals surface area contributed by atoms with Crippen molar-refractivity contribution < 1.29 is 19.1 Å². The van der Waals surface area contributed by atoms with Crippen LogP contribution in [0, 0.1) is 0 Å². The van der Waals surface area contributed by atoms with Crippen molar-refractivity contribution in [3.8, 4) is 5.88 Å². The smallest absolute Gasteiger partial charge is 0.255 e. The minimum Gasteiger partial charge on any atom is -0.473 e. The van der Waals surface area contributed by atoms with Crippen LogP contribution in [0.3, 0.4) is 0 Å². The van der Waals surface area contributed by atoms with Crippen LogP contribution in [-0.4, -0.2) is 52.8 Å². The van der Waals surface area contributed by atoms with Gasteiger partial charge in [0.25, 0.3) is 5.91 Å². The third-order valence-electron chi connectivity index (χ3n) is 6.35. The zero-order valence-corrected chi connectivity index (χ0v) is 18.3. The third-order valence-corrected chi connectivity index (χ3v) is 6.35. The summed E-state index contributed by atoms with van der Waals surface area (Å²) in [6.07, 6.45) is 3.63. The largest absolute Gasteiger partial charge is 0.473 e. The molecule has 172 valence electrons. The van der Waals surface area contributed by atoms with Crippen LogP contribution in [0.5, 0.6) is 5.88 Å². The van der Waals surface area contributed by atoms with E-state index in [1.54, 1.807) is 4.90 Å². The molecule has 3 N–H and O–H groups in total. The number of fused-ring (bicyclic) bond motifs is 1. The van der Waals surface area contributed by atoms with Crippen molar-refractivity contribution in [2.75, 3.05) is 13.1 Å². The van der Waals surface area contributed by atoms with Gasteiger partial charge >= 0.3 is 0 Å². The monoisotopic (exact) mass is 449 g/mol. The number of pyridine rings is 1. The number of nitrogens with zero attached hydrogens (tertiary/aromatic N) is 2. The molecule has 2 aromatic rings. The van der Waals surface area contributed by atoms with E-state index < -0.39 is 6.04 Å². The van der Waals surface area contributed by atoms with Crippen molar-refractivity contribution >= 4 is 17.7 Å². The molecule has 0 radical (unpaired) electrons. The maximum absolute atomic E-state index is 12.9. The molecule has 2 atom stereocenters. The van der Waals surface area contributed by atoms with Gasteiger partial charge in [0.15, 0.2) is 0 Å². The molecule has 0 spiro atoms. The van der Waals surface area contributed by atoms with E-state index in [-0.39, 0.29) is 30.2 Å². The molecule has 33 heavy (non-hydrogen) atoms. The molecule has 3 aliphatic heterocycles. The van der Waals surface area contributed by atoms with E-state index in [0.717, 1.165) is 36.2 Å². The fraction of sp³-hybridized carbons (Fsp3) is 0.417. The summed E-state index contributed by atoms with van der Waals surface area (Å²) in [5, 5.41) is 8.99. The Kier molecular flexibility index (Phi) is 6.06. The van der Waals surface area contributed by atoms with Gasteiger partial charge in [0.1, 0.15) is 12.1 Å². The maximum Gasteiger partial charge on any atom is 0.255 e. The first-order chi connectivity index (χ1) is 16.1. The Bertz CT molecular complexity index is 1070. The van der Waals surface area contributed by atoms with Crippen molar-refractivity contribution in [2.45, 2.75) is 51.0 Å². The van der Waals surface area contributed by atoms with Gasteiger partial charge in [-0.05, 0) is 42.1 Å². The molecular weight excluding hydrogens is 422 g/mol. The van der Waals surface area contributed by atoms with Gasteiger partial charge in [0.05, 0.1) is 0 Å². The number of imide groups is 1. The van der Waals surface area contributed by atoms with Gasteiger partial charge in [-0.2, -0.15) is 0 Å². The minimum absolute atomic E-state index is 0.154. The molecule has 0 bridgehead atoms. The molecule has 9 nitrogen and oxygen atoms in total. The molecule has 0 aliphatic carbocycles. The maximum atomic E-state index is 12.9. The average Bonchev–Trinajstić information content (AvgIpc) is 3.43. The van der Waals surface area contributed by atoms with E-state index in [0.29, 0.717) is 37.5 Å². The summed E-state index contributed by atoms with van der Waals surface area (Å²) in [4.78, 5) is 42.5. The molecule has 5 rings (SSSR count). The lowest BCUT2D eigenvalue weighted by Gasteiger charge is -2.29. The highest BCUT2D eigenvalue weighted by Crippen LogP contribution is 2.28. The highest BCUT2D eigenvalue weighted by Gasteiger charge is 2.39. The molecule has 2 fully saturated rings. The van der Waals surface area contributed by atoms with E-state index in [2.05, 4.69) is 20.9 Å². The Morgan fingerprint density at radius 2 is 1.94 bits per heavy atom. The predicted octanol–water partition coefficient (Wildman–Crippen LogP) is 0.873. The van der Waals surface area contributed by atoms with Gasteiger partial charge in [-0.25, -0.2) is 4.98 Å². The second-order valence-electron chi connectivity index (χ2n) is 8.73. The van der Waals surface area contributed by atoms with Gasteiger partial charge in [0, 0.05) is 50.4 Å². The quantitative estimate of drug-likeness (QED) is 0.538. The fourth-order valence-electron chi connectivity index (χ4n) is 4.55. The Labute approximate surface area is 191 Å². The second-order valence-corrected chi connectivity index (χ2v) is 8.73. The summed E-state index contributed by atoms with van der Waals surface area (Å²) in [5.41, 5.74) is 3.58. The lowest BCUT2D eigenvalue weighted by atomic mass is 10.0. The van der Waals surface area contributed by atoms with Gasteiger partial charge in [-0.3, -0.25) is 19.7 Å². The van der Waals surface area contributed by atoms with E-state index in [4.69, 9.17) is 4.74 Å². The van der Waals surface area contributed by atoms with Crippen LogP contribution in [0.2, 0.25) is 0 Å². The molecule has 3 aliphatic rings. The first kappa shape index (κ1) is 21.5. The topological polar surface area (TPSA) is 113 Å². The van der Waals surface area contributed by atoms with Crippen molar-refractivity contribution in [3.63, 3.8) is 0 Å². The lowest BCUT2D eigenvalue weighted by molar-refractivity contribution is -0.136. The Morgan fingerprint density at radius 3 is 2.70 bits per heavy atom. The van der Waals surface area contributed by atoms with Crippen molar-refractivity contribution in [2.24, 2.45) is 0 Å². The van der Waals surface area contributed by atoms with Crippen molar-refractivity contribution in [1.29, 1.82) is 0 Å². The number of ether oxygens (including phenoxy) is 1. The Morgan fingerprint density at radius 1 is 1.09 bits per heavy atom. The van der Waals surface area contributed by atoms with Crippen LogP contribution >= 0.6 is 0 Å². The lowest BCUT2D eigenvalue weighted by Crippen LogP contribution is -2.52. The molecule has 2 unspecified atom stereocenters. The number of carbonyl (C=O) groups excluding carboxylic acids is 3. The van der Waals surface area contributed by atoms with Crippen LogP contribution in [0.1, 0.15) is 46.3 Å². The summed E-state index contributed by atoms with van der Waals surface area (Å²) >= 11 is 0. The second kappa shape index (κ2) is 9.29. The number of piperidine rings is 1. The molecular formula is C24H27N5O4. The molecule has 2 saturated heterocycles. The molecule has 4 heterocycles.